The quantitative estimate of drug-likeness (QED) is 0.859. The van der Waals surface area contributed by atoms with Crippen molar-refractivity contribution >= 4 is 0 Å². The Morgan fingerprint density at radius 3 is 2.41 bits per heavy atom. The molecule has 3 nitrogen and oxygen atoms in total. The van der Waals surface area contributed by atoms with Crippen molar-refractivity contribution in [2.24, 2.45) is 0 Å². The molecule has 1 aromatic carbocycles. The van der Waals surface area contributed by atoms with Gasteiger partial charge in [0.15, 0.2) is 0 Å². The van der Waals surface area contributed by atoms with E-state index in [0.717, 1.165) is 17.1 Å². The highest BCUT2D eigenvalue weighted by Gasteiger charge is 2.11. The molecule has 1 aromatic heterocycles. The van der Waals surface area contributed by atoms with Crippen LogP contribution in [0, 0.1) is 6.92 Å². The van der Waals surface area contributed by atoms with Crippen LogP contribution >= 0.6 is 0 Å². The van der Waals surface area contributed by atoms with Crippen molar-refractivity contribution in [1.82, 2.24) is 9.97 Å². The van der Waals surface area contributed by atoms with Crippen LogP contribution in [-0.2, 0) is 0 Å². The number of nitrogens with zero attached hydrogens (tertiary/aromatic N) is 1. The summed E-state index contributed by atoms with van der Waals surface area (Å²) in [6.07, 6.45) is 0. The summed E-state index contributed by atoms with van der Waals surface area (Å²) in [5.41, 5.74) is 2.37. The van der Waals surface area contributed by atoms with Gasteiger partial charge in [-0.15, -0.1) is 0 Å². The lowest BCUT2D eigenvalue weighted by molar-refractivity contribution is 0.765. The second-order valence-corrected chi connectivity index (χ2v) is 4.45. The Labute approximate surface area is 101 Å². The molecule has 2 aromatic rings. The van der Waals surface area contributed by atoms with Crippen LogP contribution in [0.5, 0.6) is 0 Å². The fourth-order valence-electron chi connectivity index (χ4n) is 1.70. The molecule has 17 heavy (non-hydrogen) atoms. The molecule has 0 fully saturated rings. The Hall–Kier alpha value is -1.90. The van der Waals surface area contributed by atoms with Crippen LogP contribution in [0.2, 0.25) is 0 Å². The van der Waals surface area contributed by atoms with Gasteiger partial charge in [0.2, 0.25) is 0 Å². The molecule has 0 radical (unpaired) electrons. The van der Waals surface area contributed by atoms with Gasteiger partial charge in [0.25, 0.3) is 5.56 Å². The number of rotatable bonds is 2. The Morgan fingerprint density at radius 1 is 1.18 bits per heavy atom. The van der Waals surface area contributed by atoms with Crippen molar-refractivity contribution in [1.29, 1.82) is 0 Å². The fourth-order valence-corrected chi connectivity index (χ4v) is 1.70. The van der Waals surface area contributed by atoms with Crippen LogP contribution in [0.4, 0.5) is 0 Å². The second-order valence-electron chi connectivity index (χ2n) is 4.45. The fraction of sp³-hybridized carbons (Fsp3) is 0.286. The third kappa shape index (κ3) is 2.28. The molecule has 3 heteroatoms. The van der Waals surface area contributed by atoms with Crippen LogP contribution in [0.25, 0.3) is 11.3 Å². The van der Waals surface area contributed by atoms with Crippen LogP contribution in [0.1, 0.15) is 31.2 Å². The molecule has 0 saturated carbocycles. The third-order valence-corrected chi connectivity index (χ3v) is 2.76. The lowest BCUT2D eigenvalue weighted by Gasteiger charge is -2.09. The van der Waals surface area contributed by atoms with E-state index >= 15 is 0 Å². The maximum atomic E-state index is 11.8. The van der Waals surface area contributed by atoms with Gasteiger partial charge in [-0.05, 0) is 6.92 Å². The monoisotopic (exact) mass is 228 g/mol. The smallest absolute Gasteiger partial charge is 0.254 e. The first kappa shape index (κ1) is 11.6. The van der Waals surface area contributed by atoms with E-state index in [2.05, 4.69) is 9.97 Å². The van der Waals surface area contributed by atoms with Crippen molar-refractivity contribution in [2.75, 3.05) is 0 Å². The molecule has 0 spiro atoms. The number of H-pyrrole nitrogens is 1. The normalized spacial score (nSPS) is 10.8. The van der Waals surface area contributed by atoms with E-state index in [1.807, 2.05) is 44.2 Å². The zero-order valence-electron chi connectivity index (χ0n) is 10.3. The number of hydrogen-bond donors (Lipinski definition) is 1. The lowest BCUT2D eigenvalue weighted by atomic mass is 10.1. The molecule has 88 valence electrons. The zero-order valence-corrected chi connectivity index (χ0v) is 10.3. The third-order valence-electron chi connectivity index (χ3n) is 2.76. The van der Waals surface area contributed by atoms with E-state index < -0.39 is 0 Å². The molecule has 0 aliphatic carbocycles. The number of benzene rings is 1. The number of nitrogens with one attached hydrogen (secondary N) is 1. The summed E-state index contributed by atoms with van der Waals surface area (Å²) in [5, 5.41) is 0. The zero-order chi connectivity index (χ0) is 12.4. The van der Waals surface area contributed by atoms with Gasteiger partial charge in [-0.1, -0.05) is 44.2 Å². The van der Waals surface area contributed by atoms with Gasteiger partial charge in [-0.25, -0.2) is 4.98 Å². The lowest BCUT2D eigenvalue weighted by Crippen LogP contribution is -2.16. The highest BCUT2D eigenvalue weighted by molar-refractivity contribution is 5.62. The van der Waals surface area contributed by atoms with Crippen molar-refractivity contribution in [2.45, 2.75) is 26.7 Å². The summed E-state index contributed by atoms with van der Waals surface area (Å²) in [6, 6.07) is 9.80. The molecule has 1 N–H and O–H groups in total. The van der Waals surface area contributed by atoms with Crippen LogP contribution in [0.15, 0.2) is 35.1 Å². The minimum Gasteiger partial charge on any atom is -0.310 e. The van der Waals surface area contributed by atoms with E-state index in [-0.39, 0.29) is 11.5 Å². The molecular formula is C14H16N2O. The molecule has 0 aliphatic heterocycles. The van der Waals surface area contributed by atoms with Crippen LogP contribution < -0.4 is 5.56 Å². The Morgan fingerprint density at radius 2 is 1.82 bits per heavy atom. The average molecular weight is 228 g/mol. The highest BCUT2D eigenvalue weighted by atomic mass is 16.1. The molecule has 2 rings (SSSR count). The standard InChI is InChI=1S/C14H16N2O/c1-9(2)13-15-12(10(3)14(17)16-13)11-7-5-4-6-8-11/h4-9H,1-3H3,(H,15,16,17). The van der Waals surface area contributed by atoms with Crippen molar-refractivity contribution < 1.29 is 0 Å². The van der Waals surface area contributed by atoms with E-state index in [1.54, 1.807) is 6.92 Å². The van der Waals surface area contributed by atoms with Gasteiger partial charge in [0.1, 0.15) is 5.82 Å². The predicted molar refractivity (Wildman–Crippen MR) is 69.1 cm³/mol. The summed E-state index contributed by atoms with van der Waals surface area (Å²) in [4.78, 5) is 19.2. The van der Waals surface area contributed by atoms with Gasteiger partial charge < -0.3 is 4.98 Å². The largest absolute Gasteiger partial charge is 0.310 e. The van der Waals surface area contributed by atoms with E-state index in [1.165, 1.54) is 0 Å². The molecule has 0 atom stereocenters. The average Bonchev–Trinajstić information content (AvgIpc) is 2.33. The van der Waals surface area contributed by atoms with Crippen LogP contribution in [0.3, 0.4) is 0 Å². The molecular weight excluding hydrogens is 212 g/mol. The summed E-state index contributed by atoms with van der Waals surface area (Å²) in [7, 11) is 0. The summed E-state index contributed by atoms with van der Waals surface area (Å²) >= 11 is 0. The van der Waals surface area contributed by atoms with Gasteiger partial charge in [0, 0.05) is 17.0 Å². The van der Waals surface area contributed by atoms with Gasteiger partial charge >= 0.3 is 0 Å². The highest BCUT2D eigenvalue weighted by Crippen LogP contribution is 2.19. The number of aromatic nitrogens is 2. The Balaban J connectivity index is 2.65. The van der Waals surface area contributed by atoms with Crippen LogP contribution in [-0.4, -0.2) is 9.97 Å². The maximum Gasteiger partial charge on any atom is 0.254 e. The molecule has 1 heterocycles. The predicted octanol–water partition coefficient (Wildman–Crippen LogP) is 2.87. The van der Waals surface area contributed by atoms with Crippen molar-refractivity contribution in [3.63, 3.8) is 0 Å². The minimum absolute atomic E-state index is 0.0532. The first-order chi connectivity index (χ1) is 8.09. The summed E-state index contributed by atoms with van der Waals surface area (Å²) in [6.45, 7) is 5.84. The topological polar surface area (TPSA) is 45.8 Å². The SMILES string of the molecule is Cc1c(-c2ccccc2)nc(C(C)C)[nH]c1=O. The first-order valence-corrected chi connectivity index (χ1v) is 5.76. The van der Waals surface area contributed by atoms with E-state index in [9.17, 15) is 4.79 Å². The molecule has 0 bridgehead atoms. The van der Waals surface area contributed by atoms with Gasteiger partial charge in [0.05, 0.1) is 5.69 Å². The van der Waals surface area contributed by atoms with Crippen molar-refractivity contribution in [3.05, 3.63) is 52.1 Å². The first-order valence-electron chi connectivity index (χ1n) is 5.76. The second kappa shape index (κ2) is 4.53. The van der Waals surface area contributed by atoms with E-state index in [0.29, 0.717) is 5.56 Å². The van der Waals surface area contributed by atoms with Gasteiger partial charge in [-0.3, -0.25) is 4.79 Å². The van der Waals surface area contributed by atoms with E-state index in [4.69, 9.17) is 0 Å². The maximum absolute atomic E-state index is 11.8. The minimum atomic E-state index is -0.0532. The summed E-state index contributed by atoms with van der Waals surface area (Å²) < 4.78 is 0. The Bertz CT molecular complexity index is 571. The number of aromatic amines is 1. The molecule has 0 unspecified atom stereocenters. The Kier molecular flexibility index (Phi) is 3.09. The molecule has 0 amide bonds. The molecule has 0 aliphatic rings. The number of hydrogen-bond acceptors (Lipinski definition) is 2. The summed E-state index contributed by atoms with van der Waals surface area (Å²) in [5.74, 6) is 0.949. The van der Waals surface area contributed by atoms with Crippen molar-refractivity contribution in [3.8, 4) is 11.3 Å². The molecule has 0 saturated heterocycles. The van der Waals surface area contributed by atoms with Gasteiger partial charge in [-0.2, -0.15) is 0 Å².